The standard InChI is InChI=1S/C23H33N7O3/c1-16-11-27(12-17(2)33-16)21-20(18-7-5-4-6-8-18)25-23(24)29-15-28(30(31)22(21)29)13-19-14-32-10-9-26(19)3/h4-8,16-17,19H,9-15H2,1-3H3,(H2,24,25)/t16?,17?,19-/m0/s1. The molecule has 0 aliphatic carbocycles. The summed E-state index contributed by atoms with van der Waals surface area (Å²) in [5, 5.41) is 15.5. The van der Waals surface area contributed by atoms with Crippen molar-refractivity contribution in [2.24, 2.45) is 10.7 Å². The lowest BCUT2D eigenvalue weighted by molar-refractivity contribution is -0.628. The molecule has 2 fully saturated rings. The van der Waals surface area contributed by atoms with Crippen molar-refractivity contribution in [3.8, 4) is 0 Å². The Bertz CT molecular complexity index is 970. The molecule has 10 nitrogen and oxygen atoms in total. The van der Waals surface area contributed by atoms with Crippen LogP contribution in [0.25, 0.3) is 5.70 Å². The largest absolute Gasteiger partial charge is 0.692 e. The minimum Gasteiger partial charge on any atom is -0.692 e. The number of nitrogens with two attached hydrogens (primary N) is 1. The van der Waals surface area contributed by atoms with Crippen molar-refractivity contribution >= 4 is 17.5 Å². The molecule has 0 saturated carbocycles. The number of hydrogen-bond acceptors (Lipinski definition) is 9. The Kier molecular flexibility index (Phi) is 5.90. The number of benzene rings is 1. The van der Waals surface area contributed by atoms with Crippen LogP contribution >= 0.6 is 0 Å². The molecule has 33 heavy (non-hydrogen) atoms. The third kappa shape index (κ3) is 4.14. The summed E-state index contributed by atoms with van der Waals surface area (Å²) >= 11 is 0. The highest BCUT2D eigenvalue weighted by atomic mass is 16.5. The predicted molar refractivity (Wildman–Crippen MR) is 126 cm³/mol. The number of nitrogens with zero attached hydrogens (tertiary/aromatic N) is 6. The highest BCUT2D eigenvalue weighted by Gasteiger charge is 2.47. The summed E-state index contributed by atoms with van der Waals surface area (Å²) in [6, 6.07) is 10.1. The zero-order valence-electron chi connectivity index (χ0n) is 19.6. The first kappa shape index (κ1) is 22.0. The van der Waals surface area contributed by atoms with Crippen molar-refractivity contribution < 1.29 is 14.3 Å². The molecule has 0 amide bonds. The Morgan fingerprint density at radius 1 is 1.18 bits per heavy atom. The van der Waals surface area contributed by atoms with E-state index in [2.05, 4.69) is 30.7 Å². The zero-order valence-corrected chi connectivity index (χ0v) is 19.6. The van der Waals surface area contributed by atoms with Gasteiger partial charge in [0.05, 0.1) is 38.0 Å². The quantitative estimate of drug-likeness (QED) is 0.519. The summed E-state index contributed by atoms with van der Waals surface area (Å²) < 4.78 is 11.6. The molecule has 0 bridgehead atoms. The predicted octanol–water partition coefficient (Wildman–Crippen LogP) is 0.522. The topological polar surface area (TPSA) is 95.9 Å². The number of aliphatic imine (C=N–C) groups is 1. The fraction of sp³-hybridized carbons (Fsp3) is 0.565. The fourth-order valence-corrected chi connectivity index (χ4v) is 5.01. The Labute approximate surface area is 194 Å². The summed E-state index contributed by atoms with van der Waals surface area (Å²) in [5.41, 5.74) is 8.89. The van der Waals surface area contributed by atoms with Crippen LogP contribution in [-0.4, -0.2) is 108 Å². The van der Waals surface area contributed by atoms with Crippen LogP contribution in [0, 0.1) is 5.21 Å². The van der Waals surface area contributed by atoms with Gasteiger partial charge >= 0.3 is 5.84 Å². The second-order valence-electron chi connectivity index (χ2n) is 9.26. The van der Waals surface area contributed by atoms with Crippen LogP contribution in [0.2, 0.25) is 0 Å². The number of hydrazone groups is 1. The maximum absolute atomic E-state index is 13.8. The van der Waals surface area contributed by atoms with Crippen LogP contribution in [0.3, 0.4) is 0 Å². The fourth-order valence-electron chi connectivity index (χ4n) is 5.01. The smallest absolute Gasteiger partial charge is 0.334 e. The van der Waals surface area contributed by atoms with Crippen LogP contribution in [-0.2, 0) is 9.47 Å². The molecule has 4 aliphatic rings. The maximum Gasteiger partial charge on any atom is 0.334 e. The third-order valence-corrected chi connectivity index (χ3v) is 6.66. The lowest BCUT2D eigenvalue weighted by Crippen LogP contribution is -2.52. The first-order chi connectivity index (χ1) is 15.9. The number of likely N-dealkylation sites (N-methyl/N-ethyl adjacent to an activating group) is 1. The Morgan fingerprint density at radius 3 is 2.61 bits per heavy atom. The number of hydrazine groups is 1. The lowest BCUT2D eigenvalue weighted by Gasteiger charge is -2.39. The van der Waals surface area contributed by atoms with E-state index in [1.807, 2.05) is 35.2 Å². The van der Waals surface area contributed by atoms with Crippen molar-refractivity contribution in [1.29, 1.82) is 0 Å². The van der Waals surface area contributed by atoms with E-state index in [4.69, 9.17) is 20.2 Å². The summed E-state index contributed by atoms with van der Waals surface area (Å²) in [6.07, 6.45) is 0.0856. The van der Waals surface area contributed by atoms with Gasteiger partial charge in [0, 0.05) is 25.2 Å². The maximum atomic E-state index is 13.8. The van der Waals surface area contributed by atoms with Gasteiger partial charge in [0.1, 0.15) is 5.70 Å². The number of fused-ring (bicyclic) bond motifs is 1. The monoisotopic (exact) mass is 455 g/mol. The van der Waals surface area contributed by atoms with Gasteiger partial charge in [0.25, 0.3) is 5.96 Å². The van der Waals surface area contributed by atoms with E-state index < -0.39 is 0 Å². The van der Waals surface area contributed by atoms with Crippen LogP contribution < -0.4 is 5.73 Å². The second-order valence-corrected chi connectivity index (χ2v) is 9.26. The van der Waals surface area contributed by atoms with E-state index in [0.29, 0.717) is 44.7 Å². The van der Waals surface area contributed by atoms with E-state index in [1.54, 1.807) is 5.01 Å². The van der Waals surface area contributed by atoms with E-state index in [1.165, 1.54) is 0 Å². The molecule has 10 heteroatoms. The molecule has 178 valence electrons. The number of rotatable bonds is 4. The average molecular weight is 456 g/mol. The summed E-state index contributed by atoms with van der Waals surface area (Å²) in [5.74, 6) is 0.862. The molecule has 2 saturated heterocycles. The molecule has 0 aromatic heterocycles. The Balaban J connectivity index is 1.57. The van der Waals surface area contributed by atoms with Gasteiger partial charge < -0.3 is 25.3 Å². The van der Waals surface area contributed by atoms with Crippen LogP contribution in [0.5, 0.6) is 0 Å². The van der Waals surface area contributed by atoms with Gasteiger partial charge in [-0.1, -0.05) is 30.3 Å². The SMILES string of the molecule is CC1CN(C2=C(c3ccccc3)N=C(N)N3CN(C[C@H]4COCCN4C)[N+]([O-])=C23)CC(C)O1. The average Bonchev–Trinajstić information content (AvgIpc) is 3.12. The number of amidine groups is 1. The molecule has 4 heterocycles. The Hall–Kier alpha value is -2.82. The first-order valence-corrected chi connectivity index (χ1v) is 11.6. The van der Waals surface area contributed by atoms with Crippen LogP contribution in [0.4, 0.5) is 0 Å². The molecule has 2 unspecified atom stereocenters. The van der Waals surface area contributed by atoms with Crippen molar-refractivity contribution in [2.45, 2.75) is 32.1 Å². The van der Waals surface area contributed by atoms with E-state index >= 15 is 0 Å². The second kappa shape index (κ2) is 8.85. The van der Waals surface area contributed by atoms with Crippen LogP contribution in [0.1, 0.15) is 19.4 Å². The number of guanidine groups is 1. The van der Waals surface area contributed by atoms with Crippen molar-refractivity contribution in [1.82, 2.24) is 19.7 Å². The summed E-state index contributed by atoms with van der Waals surface area (Å²) in [7, 11) is 2.07. The van der Waals surface area contributed by atoms with Gasteiger partial charge in [0.2, 0.25) is 0 Å². The van der Waals surface area contributed by atoms with Crippen molar-refractivity contribution in [3.05, 3.63) is 46.8 Å². The van der Waals surface area contributed by atoms with E-state index in [9.17, 15) is 5.21 Å². The first-order valence-electron chi connectivity index (χ1n) is 11.6. The number of ether oxygens (including phenoxy) is 2. The van der Waals surface area contributed by atoms with Crippen molar-refractivity contribution in [2.75, 3.05) is 53.1 Å². The van der Waals surface area contributed by atoms with Gasteiger partial charge in [-0.15, -0.1) is 0 Å². The summed E-state index contributed by atoms with van der Waals surface area (Å²) in [6.45, 7) is 8.57. The number of morpholine rings is 2. The van der Waals surface area contributed by atoms with Gasteiger partial charge in [-0.3, -0.25) is 4.90 Å². The molecule has 3 atom stereocenters. The van der Waals surface area contributed by atoms with E-state index in [-0.39, 0.29) is 18.2 Å². The molecule has 1 aromatic carbocycles. The molecular formula is C23H33N7O3. The molecule has 4 aliphatic heterocycles. The van der Waals surface area contributed by atoms with Crippen molar-refractivity contribution in [3.63, 3.8) is 0 Å². The molecular weight excluding hydrogens is 422 g/mol. The summed E-state index contributed by atoms with van der Waals surface area (Å²) in [4.78, 5) is 12.1. The lowest BCUT2D eigenvalue weighted by atomic mass is 10.1. The van der Waals surface area contributed by atoms with Gasteiger partial charge in [0.15, 0.2) is 12.4 Å². The number of hydrogen-bond donors (Lipinski definition) is 1. The molecule has 2 N–H and O–H groups in total. The molecule has 0 spiro atoms. The van der Waals surface area contributed by atoms with Gasteiger partial charge in [-0.05, 0) is 20.9 Å². The highest BCUT2D eigenvalue weighted by Crippen LogP contribution is 2.32. The Morgan fingerprint density at radius 2 is 1.91 bits per heavy atom. The molecule has 1 aromatic rings. The zero-order chi connectivity index (χ0) is 23.1. The molecule has 0 radical (unpaired) electrons. The minimum absolute atomic E-state index is 0.0428. The van der Waals surface area contributed by atoms with E-state index in [0.717, 1.165) is 35.0 Å². The normalized spacial score (nSPS) is 29.0. The van der Waals surface area contributed by atoms with Gasteiger partial charge in [-0.25, -0.2) is 5.01 Å². The molecule has 5 rings (SSSR count). The van der Waals surface area contributed by atoms with Crippen LogP contribution in [0.15, 0.2) is 41.0 Å². The third-order valence-electron chi connectivity index (χ3n) is 6.66. The van der Waals surface area contributed by atoms with Gasteiger partial charge in [-0.2, -0.15) is 14.7 Å². The highest BCUT2D eigenvalue weighted by molar-refractivity contribution is 6.14. The minimum atomic E-state index is 0.0428.